The first-order chi connectivity index (χ1) is 16.7. The van der Waals surface area contributed by atoms with Crippen molar-refractivity contribution in [1.82, 2.24) is 4.40 Å². The fourth-order valence-electron chi connectivity index (χ4n) is 4.07. The minimum atomic E-state index is -0.578. The molecule has 0 fully saturated rings. The van der Waals surface area contributed by atoms with Crippen molar-refractivity contribution < 1.29 is 19.4 Å². The van der Waals surface area contributed by atoms with E-state index in [0.717, 1.165) is 22.4 Å². The summed E-state index contributed by atoms with van der Waals surface area (Å²) in [6.45, 7) is 0.351. The van der Waals surface area contributed by atoms with Gasteiger partial charge in [0.25, 0.3) is 0 Å². The van der Waals surface area contributed by atoms with E-state index in [0.29, 0.717) is 49.0 Å². The van der Waals surface area contributed by atoms with Crippen LogP contribution in [0, 0.1) is 0 Å². The predicted octanol–water partition coefficient (Wildman–Crippen LogP) is 3.99. The van der Waals surface area contributed by atoms with Gasteiger partial charge >= 0.3 is 0 Å². The molecular weight excluding hydrogens is 428 g/mol. The lowest BCUT2D eigenvalue weighted by atomic mass is 9.98. The van der Waals surface area contributed by atoms with Crippen LogP contribution >= 0.6 is 0 Å². The van der Waals surface area contributed by atoms with Crippen molar-refractivity contribution in [1.29, 1.82) is 0 Å². The number of Topliss-reactive ketones (excluding diaryl/α,β-unsaturated/α-hetero) is 1. The summed E-state index contributed by atoms with van der Waals surface area (Å²) in [6, 6.07) is 23.5. The number of carbonyl (C=O) groups excluding carboxylic acids is 2. The Morgan fingerprint density at radius 3 is 2.24 bits per heavy atom. The van der Waals surface area contributed by atoms with Gasteiger partial charge in [0.15, 0.2) is 6.29 Å². The van der Waals surface area contributed by atoms with Crippen LogP contribution in [0.25, 0.3) is 5.52 Å². The Hall–Kier alpha value is -3.74. The third kappa shape index (κ3) is 5.60. The number of benzene rings is 2. The normalized spacial score (nSPS) is 10.4. The molecular formula is C28H30N2O4. The molecule has 2 heterocycles. The topological polar surface area (TPSA) is 94.0 Å². The summed E-state index contributed by atoms with van der Waals surface area (Å²) >= 11 is 0. The summed E-state index contributed by atoms with van der Waals surface area (Å²) in [7, 11) is 1.50. The summed E-state index contributed by atoms with van der Waals surface area (Å²) in [4.78, 5) is 24.4. The molecule has 0 saturated carbocycles. The molecule has 0 radical (unpaired) electrons. The molecule has 0 spiro atoms. The molecule has 0 aliphatic heterocycles. The van der Waals surface area contributed by atoms with Gasteiger partial charge in [-0.3, -0.25) is 9.59 Å². The van der Waals surface area contributed by atoms with Crippen LogP contribution in [0.1, 0.15) is 39.2 Å². The molecule has 6 heteroatoms. The highest BCUT2D eigenvalue weighted by Crippen LogP contribution is 2.33. The van der Waals surface area contributed by atoms with Crippen LogP contribution in [-0.4, -0.2) is 35.2 Å². The van der Waals surface area contributed by atoms with E-state index in [1.807, 2.05) is 83.4 Å². The van der Waals surface area contributed by atoms with Crippen molar-refractivity contribution in [2.24, 2.45) is 5.73 Å². The van der Waals surface area contributed by atoms with Gasteiger partial charge in [-0.2, -0.15) is 0 Å². The Morgan fingerprint density at radius 2 is 1.62 bits per heavy atom. The van der Waals surface area contributed by atoms with Gasteiger partial charge in [0.05, 0.1) is 11.1 Å². The van der Waals surface area contributed by atoms with Gasteiger partial charge in [-0.05, 0) is 48.7 Å². The van der Waals surface area contributed by atoms with Crippen LogP contribution in [0.3, 0.4) is 0 Å². The number of aliphatic hydroxyl groups is 1. The maximum absolute atomic E-state index is 12.8. The van der Waals surface area contributed by atoms with Crippen molar-refractivity contribution >= 4 is 17.6 Å². The number of nitrogens with two attached hydrogens (primary N) is 1. The number of ketones is 1. The second-order valence-corrected chi connectivity index (χ2v) is 7.64. The number of hydrogen-bond donors (Lipinski definition) is 2. The van der Waals surface area contributed by atoms with Crippen LogP contribution in [-0.2, 0) is 24.2 Å². The van der Waals surface area contributed by atoms with Crippen molar-refractivity contribution in [3.8, 4) is 5.75 Å². The summed E-state index contributed by atoms with van der Waals surface area (Å²) < 4.78 is 8.08. The molecule has 0 amide bonds. The molecule has 0 atom stereocenters. The number of aldehydes is 1. The van der Waals surface area contributed by atoms with Crippen LogP contribution in [0.2, 0.25) is 0 Å². The van der Waals surface area contributed by atoms with Gasteiger partial charge in [0, 0.05) is 24.9 Å². The average Bonchev–Trinajstić information content (AvgIpc) is 3.21. The molecule has 6 nitrogen and oxygen atoms in total. The zero-order chi connectivity index (χ0) is 24.3. The first-order valence-electron chi connectivity index (χ1n) is 11.3. The average molecular weight is 459 g/mol. The van der Waals surface area contributed by atoms with E-state index in [2.05, 4.69) is 5.73 Å². The minimum absolute atomic E-state index is 0.00303. The van der Waals surface area contributed by atoms with Crippen LogP contribution in [0.4, 0.5) is 0 Å². The maximum atomic E-state index is 12.8. The Balaban J connectivity index is 0.00000158. The van der Waals surface area contributed by atoms with Crippen molar-refractivity contribution in [3.05, 3.63) is 107 Å². The fraction of sp³-hybridized carbons (Fsp3) is 0.214. The molecule has 4 aromatic rings. The number of aliphatic hydroxyl groups excluding tert-OH is 1. The number of ether oxygens (including phenoxy) is 1. The summed E-state index contributed by atoms with van der Waals surface area (Å²) in [5.41, 5.74) is 9.28. The number of aromatic nitrogens is 1. The van der Waals surface area contributed by atoms with E-state index in [9.17, 15) is 14.7 Å². The van der Waals surface area contributed by atoms with E-state index in [1.165, 1.54) is 7.05 Å². The number of pyridine rings is 1. The molecule has 2 aromatic carbocycles. The second-order valence-electron chi connectivity index (χ2n) is 7.64. The predicted molar refractivity (Wildman–Crippen MR) is 133 cm³/mol. The van der Waals surface area contributed by atoms with Crippen LogP contribution in [0.15, 0.2) is 79.0 Å². The quantitative estimate of drug-likeness (QED) is 0.213. The monoisotopic (exact) mass is 458 g/mol. The summed E-state index contributed by atoms with van der Waals surface area (Å²) in [6.07, 6.45) is 3.84. The SMILES string of the molecule is CN.O=CC(=O)c1c(CCCO)c(Cc2ccccc2)n2cccc(OCc3ccccc3)c12. The lowest BCUT2D eigenvalue weighted by molar-refractivity contribution is -0.104. The molecule has 0 aliphatic rings. The van der Waals surface area contributed by atoms with Gasteiger partial charge in [-0.1, -0.05) is 60.7 Å². The van der Waals surface area contributed by atoms with E-state index >= 15 is 0 Å². The zero-order valence-electron chi connectivity index (χ0n) is 19.3. The Labute approximate surface area is 199 Å². The van der Waals surface area contributed by atoms with E-state index in [-0.39, 0.29) is 6.61 Å². The lowest BCUT2D eigenvalue weighted by Gasteiger charge is -2.10. The van der Waals surface area contributed by atoms with Gasteiger partial charge in [-0.15, -0.1) is 0 Å². The van der Waals surface area contributed by atoms with Gasteiger partial charge < -0.3 is 20.0 Å². The summed E-state index contributed by atoms with van der Waals surface area (Å²) in [5.74, 6) is -0.0309. The lowest BCUT2D eigenvalue weighted by Crippen LogP contribution is -2.06. The van der Waals surface area contributed by atoms with Gasteiger partial charge in [0.1, 0.15) is 12.4 Å². The third-order valence-corrected chi connectivity index (χ3v) is 5.52. The van der Waals surface area contributed by atoms with Gasteiger partial charge in [0.2, 0.25) is 5.78 Å². The molecule has 34 heavy (non-hydrogen) atoms. The van der Waals surface area contributed by atoms with Crippen molar-refractivity contribution in [2.45, 2.75) is 25.9 Å². The molecule has 0 aliphatic carbocycles. The van der Waals surface area contributed by atoms with Crippen LogP contribution < -0.4 is 10.5 Å². The van der Waals surface area contributed by atoms with E-state index in [4.69, 9.17) is 4.74 Å². The van der Waals surface area contributed by atoms with Gasteiger partial charge in [-0.25, -0.2) is 0 Å². The minimum Gasteiger partial charge on any atom is -0.487 e. The van der Waals surface area contributed by atoms with E-state index in [1.54, 1.807) is 0 Å². The van der Waals surface area contributed by atoms with E-state index < -0.39 is 5.78 Å². The number of nitrogens with zero attached hydrogens (tertiary/aromatic N) is 1. The molecule has 0 saturated heterocycles. The van der Waals surface area contributed by atoms with Crippen molar-refractivity contribution in [3.63, 3.8) is 0 Å². The number of hydrogen-bond acceptors (Lipinski definition) is 5. The number of fused-ring (bicyclic) bond motifs is 1. The highest BCUT2D eigenvalue weighted by atomic mass is 16.5. The molecule has 0 bridgehead atoms. The number of rotatable bonds is 10. The second kappa shape index (κ2) is 12.5. The first kappa shape index (κ1) is 24.9. The molecule has 3 N–H and O–H groups in total. The first-order valence-corrected chi connectivity index (χ1v) is 11.3. The number of carbonyl (C=O) groups is 2. The molecule has 4 rings (SSSR count). The highest BCUT2D eigenvalue weighted by molar-refractivity contribution is 6.36. The largest absolute Gasteiger partial charge is 0.487 e. The standard InChI is InChI=1S/C27H25NO4.CH5N/c29-16-8-13-22-23(17-20-9-3-1-4-10-20)28-15-7-14-25(27(28)26(22)24(31)18-30)32-19-21-11-5-2-6-12-21;1-2/h1-7,9-12,14-15,18,29H,8,13,16-17,19H2;2H2,1H3. The summed E-state index contributed by atoms with van der Waals surface area (Å²) in [5, 5.41) is 9.45. The smallest absolute Gasteiger partial charge is 0.227 e. The highest BCUT2D eigenvalue weighted by Gasteiger charge is 2.25. The Kier molecular flexibility index (Phi) is 9.14. The molecule has 0 unspecified atom stereocenters. The maximum Gasteiger partial charge on any atom is 0.227 e. The third-order valence-electron chi connectivity index (χ3n) is 5.52. The Morgan fingerprint density at radius 1 is 0.971 bits per heavy atom. The van der Waals surface area contributed by atoms with Crippen molar-refractivity contribution in [2.75, 3.05) is 13.7 Å². The zero-order valence-corrected chi connectivity index (χ0v) is 19.3. The van der Waals surface area contributed by atoms with Crippen LogP contribution in [0.5, 0.6) is 5.75 Å². The Bertz CT molecular complexity index is 1220. The fourth-order valence-corrected chi connectivity index (χ4v) is 4.07. The molecule has 176 valence electrons. The molecule has 2 aromatic heterocycles.